The summed E-state index contributed by atoms with van der Waals surface area (Å²) in [6, 6.07) is 7.64. The van der Waals surface area contributed by atoms with E-state index in [2.05, 4.69) is 22.2 Å². The molecule has 1 atom stereocenters. The summed E-state index contributed by atoms with van der Waals surface area (Å²) in [5.41, 5.74) is 0.451. The highest BCUT2D eigenvalue weighted by Crippen LogP contribution is 2.21. The number of carbonyl (C=O) groups is 1. The summed E-state index contributed by atoms with van der Waals surface area (Å²) in [6.45, 7) is 7.13. The van der Waals surface area contributed by atoms with Crippen LogP contribution in [0.3, 0.4) is 0 Å². The van der Waals surface area contributed by atoms with Gasteiger partial charge in [-0.15, -0.1) is 0 Å². The van der Waals surface area contributed by atoms with Crippen molar-refractivity contribution in [1.82, 2.24) is 19.0 Å². The number of anilines is 1. The zero-order valence-corrected chi connectivity index (χ0v) is 16.4. The van der Waals surface area contributed by atoms with Crippen molar-refractivity contribution in [2.75, 3.05) is 38.0 Å². The van der Waals surface area contributed by atoms with Gasteiger partial charge < -0.3 is 10.2 Å². The maximum atomic E-state index is 12.9. The van der Waals surface area contributed by atoms with Crippen LogP contribution in [0.1, 0.15) is 19.9 Å². The van der Waals surface area contributed by atoms with Gasteiger partial charge in [0.15, 0.2) is 0 Å². The molecule has 1 N–H and O–H groups in total. The van der Waals surface area contributed by atoms with Crippen LogP contribution in [-0.4, -0.2) is 66.0 Å². The Kier molecular flexibility index (Phi) is 5.93. The Morgan fingerprint density at radius 1 is 1.22 bits per heavy atom. The van der Waals surface area contributed by atoms with Crippen molar-refractivity contribution in [2.24, 2.45) is 0 Å². The highest BCUT2D eigenvalue weighted by molar-refractivity contribution is 7.89. The van der Waals surface area contributed by atoms with Crippen molar-refractivity contribution in [1.29, 1.82) is 0 Å². The Morgan fingerprint density at radius 3 is 2.59 bits per heavy atom. The van der Waals surface area contributed by atoms with Gasteiger partial charge >= 0.3 is 0 Å². The molecule has 1 saturated heterocycles. The summed E-state index contributed by atoms with van der Waals surface area (Å²) >= 11 is 0. The molecule has 3 rings (SSSR count). The molecule has 0 bridgehead atoms. The first-order valence-electron chi connectivity index (χ1n) is 9.04. The standard InChI is InChI=1S/C18H25N5O3S/c1-3-21-10-12-22(13-11-21)27(25,26)17-7-4-6-16(14-17)20-18(24)15(2)23-9-5-8-19-23/h4-9,14-15H,3,10-13H2,1-2H3,(H,20,24). The number of hydrogen-bond donors (Lipinski definition) is 1. The van der Waals surface area contributed by atoms with Crippen molar-refractivity contribution >= 4 is 21.6 Å². The topological polar surface area (TPSA) is 87.5 Å². The Labute approximate surface area is 159 Å². The molecule has 1 fully saturated rings. The number of likely N-dealkylation sites (N-methyl/N-ethyl adjacent to an activating group) is 1. The Balaban J connectivity index is 1.72. The molecule has 0 aliphatic carbocycles. The fraction of sp³-hybridized carbons (Fsp3) is 0.444. The largest absolute Gasteiger partial charge is 0.324 e. The Morgan fingerprint density at radius 2 is 1.96 bits per heavy atom. The van der Waals surface area contributed by atoms with Gasteiger partial charge in [0.1, 0.15) is 6.04 Å². The van der Waals surface area contributed by atoms with Gasteiger partial charge in [0.25, 0.3) is 0 Å². The third kappa shape index (κ3) is 4.37. The van der Waals surface area contributed by atoms with Gasteiger partial charge in [0, 0.05) is 44.3 Å². The maximum Gasteiger partial charge on any atom is 0.248 e. The van der Waals surface area contributed by atoms with Crippen LogP contribution in [0, 0.1) is 0 Å². The number of carbonyl (C=O) groups excluding carboxylic acids is 1. The van der Waals surface area contributed by atoms with Gasteiger partial charge in [-0.2, -0.15) is 9.40 Å². The van der Waals surface area contributed by atoms with E-state index in [0.29, 0.717) is 18.8 Å². The second-order valence-corrected chi connectivity index (χ2v) is 8.46. The molecule has 1 aromatic carbocycles. The molecule has 1 unspecified atom stereocenters. The number of nitrogens with one attached hydrogen (secondary N) is 1. The number of benzene rings is 1. The van der Waals surface area contributed by atoms with E-state index >= 15 is 0 Å². The van der Waals surface area contributed by atoms with Crippen molar-refractivity contribution in [3.63, 3.8) is 0 Å². The van der Waals surface area contributed by atoms with Crippen LogP contribution in [0.5, 0.6) is 0 Å². The number of nitrogens with zero attached hydrogens (tertiary/aromatic N) is 4. The first-order chi connectivity index (χ1) is 12.9. The predicted molar refractivity (Wildman–Crippen MR) is 103 cm³/mol. The van der Waals surface area contributed by atoms with Crippen molar-refractivity contribution in [2.45, 2.75) is 24.8 Å². The van der Waals surface area contributed by atoms with Crippen molar-refractivity contribution in [3.05, 3.63) is 42.7 Å². The highest BCUT2D eigenvalue weighted by Gasteiger charge is 2.28. The number of sulfonamides is 1. The van der Waals surface area contributed by atoms with E-state index in [1.165, 1.54) is 10.4 Å². The zero-order chi connectivity index (χ0) is 19.4. The maximum absolute atomic E-state index is 12.9. The molecule has 1 aromatic heterocycles. The van der Waals surface area contributed by atoms with Gasteiger partial charge in [-0.1, -0.05) is 13.0 Å². The minimum absolute atomic E-state index is 0.192. The molecule has 8 nitrogen and oxygen atoms in total. The van der Waals surface area contributed by atoms with Crippen LogP contribution >= 0.6 is 0 Å². The molecule has 1 aliphatic heterocycles. The fourth-order valence-electron chi connectivity index (χ4n) is 3.05. The summed E-state index contributed by atoms with van der Waals surface area (Å²) < 4.78 is 28.9. The van der Waals surface area contributed by atoms with Crippen LogP contribution in [-0.2, 0) is 14.8 Å². The van der Waals surface area contributed by atoms with Gasteiger partial charge in [-0.3, -0.25) is 9.48 Å². The third-order valence-corrected chi connectivity index (χ3v) is 6.71. The van der Waals surface area contributed by atoms with Crippen LogP contribution < -0.4 is 5.32 Å². The second-order valence-electron chi connectivity index (χ2n) is 6.52. The molecular formula is C18H25N5O3S. The number of rotatable bonds is 6. The molecule has 1 aliphatic rings. The smallest absolute Gasteiger partial charge is 0.248 e. The molecule has 146 valence electrons. The van der Waals surface area contributed by atoms with E-state index in [-0.39, 0.29) is 10.8 Å². The zero-order valence-electron chi connectivity index (χ0n) is 15.6. The minimum atomic E-state index is -3.58. The van der Waals surface area contributed by atoms with Crippen LogP contribution in [0.2, 0.25) is 0 Å². The average Bonchev–Trinajstić information content (AvgIpc) is 3.22. The molecule has 27 heavy (non-hydrogen) atoms. The number of hydrogen-bond acceptors (Lipinski definition) is 5. The fourth-order valence-corrected chi connectivity index (χ4v) is 4.51. The van der Waals surface area contributed by atoms with E-state index in [4.69, 9.17) is 0 Å². The molecule has 2 aromatic rings. The summed E-state index contributed by atoms with van der Waals surface area (Å²) in [5, 5.41) is 6.83. The predicted octanol–water partition coefficient (Wildman–Crippen LogP) is 1.41. The third-order valence-electron chi connectivity index (χ3n) is 4.82. The van der Waals surface area contributed by atoms with Crippen molar-refractivity contribution < 1.29 is 13.2 Å². The summed E-state index contributed by atoms with van der Waals surface area (Å²) in [7, 11) is -3.58. The lowest BCUT2D eigenvalue weighted by molar-refractivity contribution is -0.119. The molecule has 0 saturated carbocycles. The van der Waals surface area contributed by atoms with E-state index in [1.54, 1.807) is 48.3 Å². The summed E-state index contributed by atoms with van der Waals surface area (Å²) in [4.78, 5) is 14.8. The number of amides is 1. The number of piperazine rings is 1. The molecule has 0 spiro atoms. The summed E-state index contributed by atoms with van der Waals surface area (Å²) in [5.74, 6) is -0.259. The minimum Gasteiger partial charge on any atom is -0.324 e. The van der Waals surface area contributed by atoms with E-state index < -0.39 is 16.1 Å². The molecule has 9 heteroatoms. The normalized spacial score (nSPS) is 17.6. The van der Waals surface area contributed by atoms with Crippen LogP contribution in [0.4, 0.5) is 5.69 Å². The molecule has 0 radical (unpaired) electrons. The van der Waals surface area contributed by atoms with Crippen LogP contribution in [0.25, 0.3) is 0 Å². The van der Waals surface area contributed by atoms with E-state index in [0.717, 1.165) is 19.6 Å². The quantitative estimate of drug-likeness (QED) is 0.804. The van der Waals surface area contributed by atoms with Gasteiger partial charge in [0.05, 0.1) is 4.90 Å². The molecule has 2 heterocycles. The van der Waals surface area contributed by atoms with Crippen LogP contribution in [0.15, 0.2) is 47.6 Å². The average molecular weight is 391 g/mol. The van der Waals surface area contributed by atoms with E-state index in [9.17, 15) is 13.2 Å². The van der Waals surface area contributed by atoms with Crippen molar-refractivity contribution in [3.8, 4) is 0 Å². The SMILES string of the molecule is CCN1CCN(S(=O)(=O)c2cccc(NC(=O)C(C)n3cccn3)c2)CC1. The summed E-state index contributed by atoms with van der Waals surface area (Å²) in [6.07, 6.45) is 3.32. The van der Waals surface area contributed by atoms with Gasteiger partial charge in [-0.25, -0.2) is 8.42 Å². The monoisotopic (exact) mass is 391 g/mol. The number of aromatic nitrogens is 2. The lowest BCUT2D eigenvalue weighted by atomic mass is 10.2. The Hall–Kier alpha value is -2.23. The molecular weight excluding hydrogens is 366 g/mol. The van der Waals surface area contributed by atoms with E-state index in [1.807, 2.05) is 0 Å². The molecule has 1 amide bonds. The Bertz CT molecular complexity index is 874. The lowest BCUT2D eigenvalue weighted by Gasteiger charge is -2.33. The highest BCUT2D eigenvalue weighted by atomic mass is 32.2. The second kappa shape index (κ2) is 8.20. The first kappa shape index (κ1) is 19.5. The lowest BCUT2D eigenvalue weighted by Crippen LogP contribution is -2.48. The van der Waals surface area contributed by atoms with Gasteiger partial charge in [-0.05, 0) is 37.7 Å². The first-order valence-corrected chi connectivity index (χ1v) is 10.5. The van der Waals surface area contributed by atoms with Gasteiger partial charge in [0.2, 0.25) is 15.9 Å².